The Kier molecular flexibility index (Phi) is 5.89. The largest absolute Gasteiger partial charge is 0.491 e. The van der Waals surface area contributed by atoms with E-state index in [0.717, 1.165) is 0 Å². The number of hydrogen-bond donors (Lipinski definition) is 2. The van der Waals surface area contributed by atoms with Gasteiger partial charge in [0.15, 0.2) is 0 Å². The Hall–Kier alpha value is -3.26. The lowest BCUT2D eigenvalue weighted by Gasteiger charge is -2.39. The molecule has 0 saturated heterocycles. The predicted molar refractivity (Wildman–Crippen MR) is 115 cm³/mol. The number of amides is 1. The van der Waals surface area contributed by atoms with Gasteiger partial charge in [-0.2, -0.15) is 0 Å². The zero-order valence-electron chi connectivity index (χ0n) is 17.5. The summed E-state index contributed by atoms with van der Waals surface area (Å²) in [7, 11) is 1.82. The van der Waals surface area contributed by atoms with Crippen LogP contribution in [0.15, 0.2) is 42.7 Å². The number of likely N-dealkylation sites (N-methyl/N-ethyl adjacent to an activating group) is 1. The van der Waals surface area contributed by atoms with Crippen LogP contribution in [0.2, 0.25) is 0 Å². The molecule has 3 aromatic rings. The lowest BCUT2D eigenvalue weighted by molar-refractivity contribution is 0.100. The molecule has 0 fully saturated rings. The van der Waals surface area contributed by atoms with Crippen molar-refractivity contribution in [3.8, 4) is 5.75 Å². The second-order valence-electron chi connectivity index (χ2n) is 7.64. The average molecular weight is 411 g/mol. The Morgan fingerprint density at radius 1 is 1.27 bits per heavy atom. The van der Waals surface area contributed by atoms with Crippen LogP contribution >= 0.6 is 0 Å². The zero-order valence-corrected chi connectivity index (χ0v) is 17.5. The third-order valence-corrected chi connectivity index (χ3v) is 5.23. The van der Waals surface area contributed by atoms with Crippen LogP contribution in [0.3, 0.4) is 0 Å². The number of carbonyl (C=O) groups is 1. The fourth-order valence-electron chi connectivity index (χ4n) is 3.43. The number of nitrogens with two attached hydrogens (primary N) is 2. The van der Waals surface area contributed by atoms with Crippen LogP contribution in [0.4, 0.5) is 10.2 Å². The number of hydrogen-bond acceptors (Lipinski definition) is 6. The van der Waals surface area contributed by atoms with E-state index in [4.69, 9.17) is 16.2 Å². The molecule has 0 aliphatic carbocycles. The molecule has 3 rings (SSSR count). The van der Waals surface area contributed by atoms with Crippen molar-refractivity contribution in [2.24, 2.45) is 11.5 Å². The highest BCUT2D eigenvalue weighted by Gasteiger charge is 2.33. The lowest BCUT2D eigenvalue weighted by Crippen LogP contribution is -2.47. The van der Waals surface area contributed by atoms with Crippen molar-refractivity contribution >= 4 is 22.6 Å². The first-order valence-electron chi connectivity index (χ1n) is 9.62. The Balaban J connectivity index is 2.23. The molecule has 1 aromatic heterocycles. The zero-order chi connectivity index (χ0) is 22.1. The van der Waals surface area contributed by atoms with Gasteiger partial charge >= 0.3 is 0 Å². The fraction of sp³-hybridized carbons (Fsp3) is 0.318. The van der Waals surface area contributed by atoms with Crippen LogP contribution in [0.25, 0.3) is 10.9 Å². The van der Waals surface area contributed by atoms with Gasteiger partial charge in [0.2, 0.25) is 0 Å². The molecule has 0 spiro atoms. The van der Waals surface area contributed by atoms with E-state index in [1.54, 1.807) is 18.2 Å². The first kappa shape index (κ1) is 21.4. The molecule has 4 N–H and O–H groups in total. The molecular formula is C22H26FN5O2. The maximum absolute atomic E-state index is 13.9. The van der Waals surface area contributed by atoms with Crippen molar-refractivity contribution in [3.63, 3.8) is 0 Å². The number of ether oxygens (including phenoxy) is 1. The number of primary amides is 1. The summed E-state index contributed by atoms with van der Waals surface area (Å²) in [6, 6.07) is 9.65. The van der Waals surface area contributed by atoms with E-state index in [-0.39, 0.29) is 24.0 Å². The van der Waals surface area contributed by atoms with Gasteiger partial charge in [0.1, 0.15) is 23.7 Å². The number of nitrogens with zero attached hydrogens (tertiary/aromatic N) is 3. The third kappa shape index (κ3) is 3.91. The number of aromatic nitrogens is 2. The number of carbonyl (C=O) groups excluding carboxylic acids is 1. The lowest BCUT2D eigenvalue weighted by atomic mass is 9.90. The number of halogens is 1. The Bertz CT molecular complexity index is 1090. The van der Waals surface area contributed by atoms with Crippen molar-refractivity contribution in [1.29, 1.82) is 0 Å². The van der Waals surface area contributed by atoms with E-state index >= 15 is 0 Å². The van der Waals surface area contributed by atoms with Crippen molar-refractivity contribution in [2.75, 3.05) is 18.5 Å². The van der Waals surface area contributed by atoms with Gasteiger partial charge in [-0.15, -0.1) is 0 Å². The van der Waals surface area contributed by atoms with Crippen LogP contribution in [-0.2, 0) is 5.54 Å². The van der Waals surface area contributed by atoms with Crippen LogP contribution in [-0.4, -0.2) is 35.6 Å². The van der Waals surface area contributed by atoms with E-state index in [9.17, 15) is 9.18 Å². The summed E-state index contributed by atoms with van der Waals surface area (Å²) in [6.45, 7) is 5.87. The van der Waals surface area contributed by atoms with Crippen molar-refractivity contribution < 1.29 is 13.9 Å². The summed E-state index contributed by atoms with van der Waals surface area (Å²) in [4.78, 5) is 22.7. The normalized spacial score (nSPS) is 13.3. The van der Waals surface area contributed by atoms with E-state index in [1.165, 1.54) is 18.5 Å². The maximum Gasteiger partial charge on any atom is 0.251 e. The summed E-state index contributed by atoms with van der Waals surface area (Å²) in [5, 5.41) is 0.586. The minimum Gasteiger partial charge on any atom is -0.491 e. The molecule has 0 bridgehead atoms. The summed E-state index contributed by atoms with van der Waals surface area (Å²) < 4.78 is 19.7. The minimum absolute atomic E-state index is 0.101. The smallest absolute Gasteiger partial charge is 0.251 e. The maximum atomic E-state index is 13.9. The van der Waals surface area contributed by atoms with Crippen molar-refractivity contribution in [2.45, 2.75) is 32.4 Å². The van der Waals surface area contributed by atoms with Crippen LogP contribution < -0.4 is 21.1 Å². The van der Waals surface area contributed by atoms with Crippen LogP contribution in [0, 0.1) is 5.82 Å². The Morgan fingerprint density at radius 3 is 2.60 bits per heavy atom. The summed E-state index contributed by atoms with van der Waals surface area (Å²) in [6.07, 6.45) is 1.27. The number of anilines is 1. The highest BCUT2D eigenvalue weighted by molar-refractivity contribution is 6.07. The van der Waals surface area contributed by atoms with Gasteiger partial charge in [0.25, 0.3) is 5.91 Å². The van der Waals surface area contributed by atoms with Gasteiger partial charge in [0, 0.05) is 19.0 Å². The van der Waals surface area contributed by atoms with Crippen molar-refractivity contribution in [1.82, 2.24) is 9.97 Å². The second-order valence-corrected chi connectivity index (χ2v) is 7.64. The van der Waals surface area contributed by atoms with Crippen molar-refractivity contribution in [3.05, 3.63) is 59.7 Å². The molecule has 0 aliphatic rings. The molecule has 0 saturated carbocycles. The van der Waals surface area contributed by atoms with Gasteiger partial charge in [-0.05, 0) is 50.6 Å². The highest BCUT2D eigenvalue weighted by atomic mass is 19.1. The van der Waals surface area contributed by atoms with Crippen LogP contribution in [0.1, 0.15) is 36.7 Å². The first-order chi connectivity index (χ1) is 14.2. The molecule has 1 amide bonds. The van der Waals surface area contributed by atoms with Gasteiger partial charge in [-0.25, -0.2) is 14.4 Å². The fourth-order valence-corrected chi connectivity index (χ4v) is 3.43. The SMILES string of the molecule is CC(C)Oc1cc(C(N)=O)c2ncnc(N(C)C(C)(CN)c3cccc(F)c3)c2c1. The van der Waals surface area contributed by atoms with Gasteiger partial charge < -0.3 is 21.1 Å². The summed E-state index contributed by atoms with van der Waals surface area (Å²) >= 11 is 0. The topological polar surface area (TPSA) is 107 Å². The van der Waals surface area contributed by atoms with Gasteiger partial charge in [-0.1, -0.05) is 12.1 Å². The third-order valence-electron chi connectivity index (χ3n) is 5.23. The molecule has 0 radical (unpaired) electrons. The van der Waals surface area contributed by atoms with E-state index in [0.29, 0.717) is 28.0 Å². The first-order valence-corrected chi connectivity index (χ1v) is 9.62. The molecule has 1 atom stereocenters. The molecule has 0 aliphatic heterocycles. The quantitative estimate of drug-likeness (QED) is 0.619. The van der Waals surface area contributed by atoms with E-state index in [1.807, 2.05) is 38.8 Å². The summed E-state index contributed by atoms with van der Waals surface area (Å²) in [5.41, 5.74) is 12.3. The molecule has 7 nitrogen and oxygen atoms in total. The van der Waals surface area contributed by atoms with Gasteiger partial charge in [-0.3, -0.25) is 4.79 Å². The number of benzene rings is 2. The average Bonchev–Trinajstić information content (AvgIpc) is 2.71. The molecule has 1 heterocycles. The second kappa shape index (κ2) is 8.23. The molecule has 30 heavy (non-hydrogen) atoms. The number of fused-ring (bicyclic) bond motifs is 1. The molecule has 158 valence electrons. The van der Waals surface area contributed by atoms with E-state index < -0.39 is 11.4 Å². The summed E-state index contributed by atoms with van der Waals surface area (Å²) in [5.74, 6) is 0.0369. The molecule has 1 unspecified atom stereocenters. The standard InChI is InChI=1S/C22H26FN5O2/c1-13(2)30-16-9-17(20(25)29)19-18(10-16)21(27-12-26-19)28(4)22(3,11-24)14-6-5-7-15(23)8-14/h5-10,12-13H,11,24H2,1-4H3,(H2,25,29). The monoisotopic (exact) mass is 411 g/mol. The van der Waals surface area contributed by atoms with Gasteiger partial charge in [0.05, 0.1) is 22.7 Å². The Morgan fingerprint density at radius 2 is 2.00 bits per heavy atom. The molecule has 2 aromatic carbocycles. The van der Waals surface area contributed by atoms with Crippen LogP contribution in [0.5, 0.6) is 5.75 Å². The highest BCUT2D eigenvalue weighted by Crippen LogP contribution is 2.36. The number of rotatable bonds is 7. The van der Waals surface area contributed by atoms with E-state index in [2.05, 4.69) is 9.97 Å². The minimum atomic E-state index is -0.773. The molecule has 8 heteroatoms. The Labute approximate surface area is 174 Å². The molecular weight excluding hydrogens is 385 g/mol. The predicted octanol–water partition coefficient (Wildman–Crippen LogP) is 2.97.